The van der Waals surface area contributed by atoms with E-state index >= 15 is 0 Å². The highest BCUT2D eigenvalue weighted by atomic mass is 32.1. The Hall–Kier alpha value is -2.81. The third-order valence-electron chi connectivity index (χ3n) is 3.48. The molecule has 9 heteroatoms. The molecular formula is C15H14N4O4S. The molecule has 0 spiro atoms. The van der Waals surface area contributed by atoms with Crippen LogP contribution in [-0.2, 0) is 0 Å². The summed E-state index contributed by atoms with van der Waals surface area (Å²) in [6.07, 6.45) is 1.98. The zero-order chi connectivity index (χ0) is 17.3. The van der Waals surface area contributed by atoms with Gasteiger partial charge >= 0.3 is 0 Å². The van der Waals surface area contributed by atoms with E-state index in [0.717, 1.165) is 24.2 Å². The molecule has 0 unspecified atom stereocenters. The van der Waals surface area contributed by atoms with Gasteiger partial charge in [-0.05, 0) is 25.0 Å². The molecule has 1 amide bonds. The Bertz CT molecular complexity index is 829. The van der Waals surface area contributed by atoms with Gasteiger partial charge in [0.25, 0.3) is 11.6 Å². The Kier molecular flexibility index (Phi) is 4.26. The van der Waals surface area contributed by atoms with Crippen LogP contribution in [0, 0.1) is 10.1 Å². The fraction of sp³-hybridized carbons (Fsp3) is 0.267. The molecule has 0 bridgehead atoms. The average molecular weight is 346 g/mol. The molecule has 124 valence electrons. The number of hydrogen-bond acceptors (Lipinski definition) is 7. The van der Waals surface area contributed by atoms with Gasteiger partial charge in [-0.3, -0.25) is 25.0 Å². The van der Waals surface area contributed by atoms with Crippen molar-refractivity contribution in [1.29, 1.82) is 0 Å². The fourth-order valence-electron chi connectivity index (χ4n) is 2.06. The standard InChI is InChI=1S/C15H14N4O4S/c1-8(20)12-7-24-15(17-12)18-14(21)9-2-5-11(16-10-3-4-10)13(6-9)19(22)23/h2,5-7,10,16H,3-4H2,1H3,(H,17,18,21). The van der Waals surface area contributed by atoms with Gasteiger partial charge in [-0.2, -0.15) is 0 Å². The molecule has 1 saturated carbocycles. The molecule has 1 fully saturated rings. The van der Waals surface area contributed by atoms with Gasteiger partial charge in [0.1, 0.15) is 11.4 Å². The molecule has 0 radical (unpaired) electrons. The van der Waals surface area contributed by atoms with Gasteiger partial charge in [0.2, 0.25) is 0 Å². The van der Waals surface area contributed by atoms with Gasteiger partial charge in [0.05, 0.1) is 4.92 Å². The minimum absolute atomic E-state index is 0.141. The van der Waals surface area contributed by atoms with E-state index in [1.165, 1.54) is 25.1 Å². The SMILES string of the molecule is CC(=O)c1csc(NC(=O)c2ccc(NC3CC3)c([N+](=O)[O-])c2)n1. The second kappa shape index (κ2) is 6.36. The second-order valence-corrected chi connectivity index (χ2v) is 6.31. The maximum Gasteiger partial charge on any atom is 0.293 e. The van der Waals surface area contributed by atoms with E-state index in [4.69, 9.17) is 0 Å². The predicted octanol–water partition coefficient (Wildman–Crippen LogP) is 3.08. The molecule has 1 heterocycles. The summed E-state index contributed by atoms with van der Waals surface area (Å²) in [5, 5.41) is 18.7. The smallest absolute Gasteiger partial charge is 0.293 e. The highest BCUT2D eigenvalue weighted by molar-refractivity contribution is 7.14. The third-order valence-corrected chi connectivity index (χ3v) is 4.24. The molecule has 0 atom stereocenters. The molecule has 2 aromatic rings. The first-order valence-corrected chi connectivity index (χ1v) is 8.15. The minimum Gasteiger partial charge on any atom is -0.377 e. The largest absolute Gasteiger partial charge is 0.377 e. The van der Waals surface area contributed by atoms with Gasteiger partial charge in [0, 0.05) is 30.0 Å². The van der Waals surface area contributed by atoms with E-state index < -0.39 is 10.8 Å². The van der Waals surface area contributed by atoms with Gasteiger partial charge in [-0.15, -0.1) is 11.3 Å². The number of nitro benzene ring substituents is 1. The van der Waals surface area contributed by atoms with Crippen LogP contribution in [0.5, 0.6) is 0 Å². The number of nitrogens with zero attached hydrogens (tertiary/aromatic N) is 2. The molecule has 1 aromatic carbocycles. The lowest BCUT2D eigenvalue weighted by Gasteiger charge is -2.07. The number of carbonyl (C=O) groups excluding carboxylic acids is 2. The van der Waals surface area contributed by atoms with Crippen molar-refractivity contribution in [3.05, 3.63) is 45.0 Å². The lowest BCUT2D eigenvalue weighted by molar-refractivity contribution is -0.384. The highest BCUT2D eigenvalue weighted by Gasteiger charge is 2.25. The fourth-order valence-corrected chi connectivity index (χ4v) is 2.80. The summed E-state index contributed by atoms with van der Waals surface area (Å²) in [7, 11) is 0. The summed E-state index contributed by atoms with van der Waals surface area (Å²) in [6.45, 7) is 1.38. The number of aromatic nitrogens is 1. The number of amides is 1. The monoisotopic (exact) mass is 346 g/mol. The van der Waals surface area contributed by atoms with Crippen molar-refractivity contribution in [2.45, 2.75) is 25.8 Å². The Morgan fingerprint density at radius 1 is 1.38 bits per heavy atom. The molecule has 3 rings (SSSR count). The third kappa shape index (κ3) is 3.57. The zero-order valence-electron chi connectivity index (χ0n) is 12.7. The van der Waals surface area contributed by atoms with Crippen molar-refractivity contribution < 1.29 is 14.5 Å². The van der Waals surface area contributed by atoms with Crippen LogP contribution in [0.3, 0.4) is 0 Å². The second-order valence-electron chi connectivity index (χ2n) is 5.46. The quantitative estimate of drug-likeness (QED) is 0.472. The first-order chi connectivity index (χ1) is 11.4. The van der Waals surface area contributed by atoms with Crippen LogP contribution in [0.15, 0.2) is 23.6 Å². The van der Waals surface area contributed by atoms with Crippen molar-refractivity contribution in [3.8, 4) is 0 Å². The van der Waals surface area contributed by atoms with Crippen molar-refractivity contribution in [2.75, 3.05) is 10.6 Å². The number of Topliss-reactive ketones (excluding diaryl/α,β-unsaturated/α-hetero) is 1. The van der Waals surface area contributed by atoms with Crippen molar-refractivity contribution in [3.63, 3.8) is 0 Å². The van der Waals surface area contributed by atoms with E-state index in [-0.39, 0.29) is 33.9 Å². The number of benzene rings is 1. The molecule has 0 aliphatic heterocycles. The van der Waals surface area contributed by atoms with Gasteiger partial charge in [-0.1, -0.05) is 0 Å². The summed E-state index contributed by atoms with van der Waals surface area (Å²) >= 11 is 1.12. The van der Waals surface area contributed by atoms with Crippen LogP contribution >= 0.6 is 11.3 Å². The predicted molar refractivity (Wildman–Crippen MR) is 89.8 cm³/mol. The lowest BCUT2D eigenvalue weighted by Crippen LogP contribution is -2.13. The number of carbonyl (C=O) groups is 2. The van der Waals surface area contributed by atoms with E-state index in [9.17, 15) is 19.7 Å². The number of anilines is 2. The van der Waals surface area contributed by atoms with E-state index in [1.54, 1.807) is 5.38 Å². The molecular weight excluding hydrogens is 332 g/mol. The van der Waals surface area contributed by atoms with Crippen LogP contribution in [-0.4, -0.2) is 27.6 Å². The molecule has 2 N–H and O–H groups in total. The Labute approximate surface area is 141 Å². The minimum atomic E-state index is -0.515. The zero-order valence-corrected chi connectivity index (χ0v) is 13.6. The van der Waals surface area contributed by atoms with Crippen LogP contribution in [0.4, 0.5) is 16.5 Å². The van der Waals surface area contributed by atoms with E-state index in [0.29, 0.717) is 5.69 Å². The first kappa shape index (κ1) is 16.1. The molecule has 1 aliphatic rings. The van der Waals surface area contributed by atoms with Gasteiger partial charge in [0.15, 0.2) is 10.9 Å². The van der Waals surface area contributed by atoms with Crippen LogP contribution in [0.25, 0.3) is 0 Å². The number of rotatable bonds is 6. The Balaban J connectivity index is 1.79. The Morgan fingerprint density at radius 3 is 2.71 bits per heavy atom. The molecule has 24 heavy (non-hydrogen) atoms. The number of thiazole rings is 1. The Morgan fingerprint density at radius 2 is 2.12 bits per heavy atom. The average Bonchev–Trinajstić information content (AvgIpc) is 3.22. The summed E-state index contributed by atoms with van der Waals surface area (Å²) in [5.74, 6) is -0.710. The summed E-state index contributed by atoms with van der Waals surface area (Å²) < 4.78 is 0. The normalized spacial score (nSPS) is 13.4. The molecule has 1 aromatic heterocycles. The summed E-state index contributed by atoms with van der Waals surface area (Å²) in [4.78, 5) is 38.2. The number of nitro groups is 1. The summed E-state index contributed by atoms with van der Waals surface area (Å²) in [6, 6.07) is 4.56. The summed E-state index contributed by atoms with van der Waals surface area (Å²) in [5.41, 5.74) is 0.693. The highest BCUT2D eigenvalue weighted by Crippen LogP contribution is 2.31. The van der Waals surface area contributed by atoms with Gasteiger partial charge < -0.3 is 5.32 Å². The van der Waals surface area contributed by atoms with E-state index in [1.807, 2.05) is 0 Å². The van der Waals surface area contributed by atoms with Crippen molar-refractivity contribution >= 4 is 39.5 Å². The topological polar surface area (TPSA) is 114 Å². The lowest BCUT2D eigenvalue weighted by atomic mass is 10.1. The maximum absolute atomic E-state index is 12.2. The van der Waals surface area contributed by atoms with Crippen LogP contribution in [0.2, 0.25) is 0 Å². The van der Waals surface area contributed by atoms with Crippen LogP contribution in [0.1, 0.15) is 40.6 Å². The maximum atomic E-state index is 12.2. The van der Waals surface area contributed by atoms with Crippen molar-refractivity contribution in [1.82, 2.24) is 4.98 Å². The first-order valence-electron chi connectivity index (χ1n) is 7.27. The van der Waals surface area contributed by atoms with E-state index in [2.05, 4.69) is 15.6 Å². The van der Waals surface area contributed by atoms with Crippen molar-refractivity contribution in [2.24, 2.45) is 0 Å². The molecule has 1 aliphatic carbocycles. The number of ketones is 1. The number of hydrogen-bond donors (Lipinski definition) is 2. The molecule has 0 saturated heterocycles. The number of nitrogens with one attached hydrogen (secondary N) is 2. The van der Waals surface area contributed by atoms with Crippen LogP contribution < -0.4 is 10.6 Å². The van der Waals surface area contributed by atoms with Gasteiger partial charge in [-0.25, -0.2) is 4.98 Å². The molecule has 8 nitrogen and oxygen atoms in total.